The van der Waals surface area contributed by atoms with Crippen LogP contribution in [-0.4, -0.2) is 50.0 Å². The summed E-state index contributed by atoms with van der Waals surface area (Å²) in [6.45, 7) is 3.67. The third-order valence-corrected chi connectivity index (χ3v) is 5.93. The molecule has 3 aromatic rings. The molecule has 1 heterocycles. The molecule has 11 nitrogen and oxygen atoms in total. The summed E-state index contributed by atoms with van der Waals surface area (Å²) in [5, 5.41) is 24.2. The quantitative estimate of drug-likeness (QED) is 0.215. The number of aromatic nitrogens is 2. The first-order valence-corrected chi connectivity index (χ1v) is 11.8. The fourth-order valence-electron chi connectivity index (χ4n) is 3.52. The van der Waals surface area contributed by atoms with E-state index in [4.69, 9.17) is 10.5 Å². The molecule has 0 aliphatic carbocycles. The molecule has 0 bridgehead atoms. The molecule has 0 fully saturated rings. The van der Waals surface area contributed by atoms with Gasteiger partial charge >= 0.3 is 5.97 Å². The van der Waals surface area contributed by atoms with E-state index in [0.29, 0.717) is 17.8 Å². The lowest BCUT2D eigenvalue weighted by molar-refractivity contribution is -0.140. The van der Waals surface area contributed by atoms with Gasteiger partial charge in [-0.05, 0) is 48.2 Å². The highest BCUT2D eigenvalue weighted by Gasteiger charge is 2.26. The maximum absolute atomic E-state index is 12.9. The summed E-state index contributed by atoms with van der Waals surface area (Å²) in [6.07, 6.45) is 3.88. The number of imidazole rings is 1. The number of phenolic OH excluding ortho intramolecular Hbond substituents is 1. The van der Waals surface area contributed by atoms with Crippen molar-refractivity contribution in [2.45, 2.75) is 45.4 Å². The van der Waals surface area contributed by atoms with E-state index in [0.717, 1.165) is 5.56 Å². The highest BCUT2D eigenvalue weighted by molar-refractivity contribution is 6.00. The normalized spacial score (nSPS) is 13.3. The fourth-order valence-corrected chi connectivity index (χ4v) is 3.52. The Morgan fingerprint density at radius 3 is 2.51 bits per heavy atom. The SMILES string of the molecule is CC[C@H](C)[C@H](NC(=O)c1ccc(NC(=O)[C@@H](N)Cc2ccc(O)cc2)c(OCc2cnc[nH]2)c1)C(=O)O. The van der Waals surface area contributed by atoms with Gasteiger partial charge in [0.05, 0.1) is 29.9 Å². The Balaban J connectivity index is 1.79. The van der Waals surface area contributed by atoms with Crippen LogP contribution in [-0.2, 0) is 22.6 Å². The second-order valence-electron chi connectivity index (χ2n) is 8.72. The second kappa shape index (κ2) is 12.5. The zero-order valence-electron chi connectivity index (χ0n) is 20.6. The topological polar surface area (TPSA) is 180 Å². The van der Waals surface area contributed by atoms with Crippen molar-refractivity contribution in [3.63, 3.8) is 0 Å². The molecule has 3 atom stereocenters. The summed E-state index contributed by atoms with van der Waals surface area (Å²) in [5.41, 5.74) is 7.99. The number of anilines is 1. The Morgan fingerprint density at radius 1 is 1.16 bits per heavy atom. The maximum atomic E-state index is 12.9. The van der Waals surface area contributed by atoms with E-state index in [1.165, 1.54) is 36.7 Å². The Hall–Kier alpha value is -4.38. The summed E-state index contributed by atoms with van der Waals surface area (Å²) in [6, 6.07) is 8.85. The highest BCUT2D eigenvalue weighted by Crippen LogP contribution is 2.27. The number of ether oxygens (including phenoxy) is 1. The molecule has 2 amide bonds. The minimum absolute atomic E-state index is 0.0815. The number of H-pyrrole nitrogens is 1. The lowest BCUT2D eigenvalue weighted by Crippen LogP contribution is -2.45. The number of nitrogens with one attached hydrogen (secondary N) is 3. The van der Waals surface area contributed by atoms with Crippen molar-refractivity contribution >= 4 is 23.5 Å². The smallest absolute Gasteiger partial charge is 0.326 e. The number of hydrogen-bond acceptors (Lipinski definition) is 7. The van der Waals surface area contributed by atoms with Gasteiger partial charge in [-0.1, -0.05) is 32.4 Å². The number of aliphatic carboxylic acids is 1. The molecule has 1 aromatic heterocycles. The van der Waals surface area contributed by atoms with E-state index in [2.05, 4.69) is 20.6 Å². The van der Waals surface area contributed by atoms with Gasteiger partial charge in [-0.3, -0.25) is 9.59 Å². The lowest BCUT2D eigenvalue weighted by Gasteiger charge is -2.21. The number of carbonyl (C=O) groups excluding carboxylic acids is 2. The van der Waals surface area contributed by atoms with Crippen LogP contribution in [0.2, 0.25) is 0 Å². The minimum Gasteiger partial charge on any atom is -0.508 e. The standard InChI is InChI=1S/C26H31N5O6/c1-3-15(2)23(26(35)36)31-24(33)17-6-9-21(22(11-17)37-13-18-12-28-14-29-18)30-25(34)20(27)10-16-4-7-19(32)8-5-16/h4-9,11-12,14-15,20,23,32H,3,10,13,27H2,1-2H3,(H,28,29)(H,30,34)(H,31,33)(H,35,36)/t15-,20-,23-/m0/s1. The second-order valence-corrected chi connectivity index (χ2v) is 8.72. The summed E-state index contributed by atoms with van der Waals surface area (Å²) in [4.78, 5) is 44.2. The molecule has 196 valence electrons. The van der Waals surface area contributed by atoms with E-state index < -0.39 is 29.9 Å². The molecule has 0 spiro atoms. The number of carbonyl (C=O) groups is 3. The first kappa shape index (κ1) is 27.2. The van der Waals surface area contributed by atoms with Crippen LogP contribution >= 0.6 is 0 Å². The van der Waals surface area contributed by atoms with E-state index in [1.807, 2.05) is 6.92 Å². The lowest BCUT2D eigenvalue weighted by atomic mass is 9.99. The van der Waals surface area contributed by atoms with E-state index in [-0.39, 0.29) is 36.0 Å². The third kappa shape index (κ3) is 7.55. The predicted molar refractivity (Wildman–Crippen MR) is 136 cm³/mol. The molecule has 3 rings (SSSR count). The van der Waals surface area contributed by atoms with Gasteiger partial charge < -0.3 is 36.3 Å². The Morgan fingerprint density at radius 2 is 1.89 bits per heavy atom. The molecule has 0 unspecified atom stereocenters. The molecular formula is C26H31N5O6. The minimum atomic E-state index is -1.12. The number of rotatable bonds is 12. The van der Waals surface area contributed by atoms with Gasteiger partial charge in [0.15, 0.2) is 0 Å². The number of carboxylic acid groups (broad SMARTS) is 1. The molecule has 0 aliphatic rings. The molecule has 0 aliphatic heterocycles. The highest BCUT2D eigenvalue weighted by atomic mass is 16.5. The largest absolute Gasteiger partial charge is 0.508 e. The molecule has 0 saturated heterocycles. The van der Waals surface area contributed by atoms with E-state index in [1.54, 1.807) is 25.3 Å². The van der Waals surface area contributed by atoms with Crippen molar-refractivity contribution < 1.29 is 29.3 Å². The zero-order chi connectivity index (χ0) is 26.9. The van der Waals surface area contributed by atoms with Crippen molar-refractivity contribution in [3.8, 4) is 11.5 Å². The van der Waals surface area contributed by atoms with Crippen LogP contribution in [0.15, 0.2) is 55.0 Å². The number of nitrogens with two attached hydrogens (primary N) is 1. The summed E-state index contributed by atoms with van der Waals surface area (Å²) >= 11 is 0. The van der Waals surface area contributed by atoms with Crippen LogP contribution < -0.4 is 21.1 Å². The molecule has 11 heteroatoms. The van der Waals surface area contributed by atoms with Gasteiger partial charge in [0.25, 0.3) is 5.91 Å². The van der Waals surface area contributed by atoms with Crippen molar-refractivity contribution in [2.75, 3.05) is 5.32 Å². The van der Waals surface area contributed by atoms with Gasteiger partial charge in [-0.15, -0.1) is 0 Å². The van der Waals surface area contributed by atoms with E-state index in [9.17, 15) is 24.6 Å². The van der Waals surface area contributed by atoms with Crippen molar-refractivity contribution in [2.24, 2.45) is 11.7 Å². The molecule has 37 heavy (non-hydrogen) atoms. The van der Waals surface area contributed by atoms with Crippen LogP contribution in [0.25, 0.3) is 0 Å². The number of nitrogens with zero attached hydrogens (tertiary/aromatic N) is 1. The first-order valence-electron chi connectivity index (χ1n) is 11.8. The van der Waals surface area contributed by atoms with Crippen molar-refractivity contribution in [3.05, 3.63) is 71.8 Å². The number of phenols is 1. The summed E-state index contributed by atoms with van der Waals surface area (Å²) < 4.78 is 5.85. The summed E-state index contributed by atoms with van der Waals surface area (Å²) in [5.74, 6) is -2.14. The van der Waals surface area contributed by atoms with Crippen molar-refractivity contribution in [1.29, 1.82) is 0 Å². The number of aromatic amines is 1. The number of hydrogen-bond donors (Lipinski definition) is 6. The molecule has 0 radical (unpaired) electrons. The van der Waals surface area contributed by atoms with Crippen LogP contribution in [0, 0.1) is 5.92 Å². The fraction of sp³-hybridized carbons (Fsp3) is 0.308. The van der Waals surface area contributed by atoms with Crippen LogP contribution in [0.4, 0.5) is 5.69 Å². The number of carboxylic acids is 1. The monoisotopic (exact) mass is 509 g/mol. The van der Waals surface area contributed by atoms with Crippen LogP contribution in [0.5, 0.6) is 11.5 Å². The van der Waals surface area contributed by atoms with E-state index >= 15 is 0 Å². The number of aromatic hydroxyl groups is 1. The zero-order valence-corrected chi connectivity index (χ0v) is 20.6. The molecule has 7 N–H and O–H groups in total. The van der Waals surface area contributed by atoms with Crippen LogP contribution in [0.3, 0.4) is 0 Å². The number of benzene rings is 2. The Kier molecular flexibility index (Phi) is 9.22. The Bertz CT molecular complexity index is 1210. The van der Waals surface area contributed by atoms with Gasteiger partial charge in [-0.25, -0.2) is 9.78 Å². The predicted octanol–water partition coefficient (Wildman–Crippen LogP) is 2.43. The Labute approximate surface area is 214 Å². The number of amides is 2. The average Bonchev–Trinajstić information content (AvgIpc) is 3.40. The molecule has 0 saturated carbocycles. The van der Waals surface area contributed by atoms with Crippen molar-refractivity contribution in [1.82, 2.24) is 15.3 Å². The van der Waals surface area contributed by atoms with Gasteiger partial charge in [0.2, 0.25) is 5.91 Å². The van der Waals surface area contributed by atoms with Gasteiger partial charge in [0, 0.05) is 5.56 Å². The first-order chi connectivity index (χ1) is 17.7. The maximum Gasteiger partial charge on any atom is 0.326 e. The van der Waals surface area contributed by atoms with Gasteiger partial charge in [-0.2, -0.15) is 0 Å². The summed E-state index contributed by atoms with van der Waals surface area (Å²) in [7, 11) is 0. The third-order valence-electron chi connectivity index (χ3n) is 5.93. The molecule has 2 aromatic carbocycles. The average molecular weight is 510 g/mol. The van der Waals surface area contributed by atoms with Crippen LogP contribution in [0.1, 0.15) is 41.9 Å². The molecular weight excluding hydrogens is 478 g/mol. The van der Waals surface area contributed by atoms with Gasteiger partial charge in [0.1, 0.15) is 24.1 Å².